The van der Waals surface area contributed by atoms with E-state index in [4.69, 9.17) is 14.8 Å². The van der Waals surface area contributed by atoms with E-state index < -0.39 is 17.7 Å². The zero-order valence-electron chi connectivity index (χ0n) is 24.8. The van der Waals surface area contributed by atoms with Crippen LogP contribution < -0.4 is 4.74 Å². The van der Waals surface area contributed by atoms with Crippen LogP contribution in [-0.4, -0.2) is 59.7 Å². The minimum atomic E-state index is -0.865. The maximum absolute atomic E-state index is 15.9. The smallest absolute Gasteiger partial charge is 0.246 e. The Morgan fingerprint density at radius 3 is 2.73 bits per heavy atom. The number of fused-ring (bicyclic) bond motifs is 2. The van der Waals surface area contributed by atoms with Gasteiger partial charge >= 0.3 is 0 Å². The molecular weight excluding hydrogens is 586 g/mol. The van der Waals surface area contributed by atoms with Crippen molar-refractivity contribution in [3.63, 3.8) is 0 Å². The van der Waals surface area contributed by atoms with Gasteiger partial charge in [-0.3, -0.25) is 14.2 Å². The molecule has 12 heteroatoms. The number of aliphatic hydroxyl groups excluding tert-OH is 1. The third kappa shape index (κ3) is 5.28. The molecule has 0 saturated carbocycles. The molecule has 44 heavy (non-hydrogen) atoms. The number of amides is 1. The molecule has 0 aliphatic carbocycles. The number of rotatable bonds is 8. The topological polar surface area (TPSA) is 98.3 Å². The van der Waals surface area contributed by atoms with Gasteiger partial charge < -0.3 is 14.7 Å². The van der Waals surface area contributed by atoms with E-state index >= 15 is 4.39 Å². The van der Waals surface area contributed by atoms with Crippen LogP contribution in [-0.2, 0) is 11.3 Å². The Labute approximate surface area is 257 Å². The fourth-order valence-corrected chi connectivity index (χ4v) is 6.47. The predicted molar refractivity (Wildman–Crippen MR) is 165 cm³/mol. The van der Waals surface area contributed by atoms with E-state index in [1.165, 1.54) is 24.3 Å². The molecule has 4 aromatic heterocycles. The lowest BCUT2D eigenvalue weighted by Gasteiger charge is -2.31. The fraction of sp³-hybridized carbons (Fsp3) is 0.312. The van der Waals surface area contributed by atoms with Crippen molar-refractivity contribution in [1.82, 2.24) is 29.4 Å². The largest absolute Gasteiger partial charge is 0.490 e. The zero-order chi connectivity index (χ0) is 31.3. The molecule has 1 aliphatic rings. The molecule has 9 nitrogen and oxygen atoms in total. The van der Waals surface area contributed by atoms with Crippen LogP contribution in [0.15, 0.2) is 54.7 Å². The second-order valence-electron chi connectivity index (χ2n) is 11.3. The second kappa shape index (κ2) is 11.6. The molecule has 0 bridgehead atoms. The van der Waals surface area contributed by atoms with Gasteiger partial charge in [-0.05, 0) is 51.3 Å². The molecule has 5 aromatic rings. The lowest BCUT2D eigenvalue weighted by Crippen LogP contribution is -2.39. The van der Waals surface area contributed by atoms with E-state index in [-0.39, 0.29) is 35.9 Å². The van der Waals surface area contributed by atoms with Gasteiger partial charge in [-0.2, -0.15) is 10.2 Å². The highest BCUT2D eigenvalue weighted by Crippen LogP contribution is 2.47. The first-order valence-electron chi connectivity index (χ1n) is 14.3. The van der Waals surface area contributed by atoms with Crippen molar-refractivity contribution in [3.8, 4) is 39.5 Å². The van der Waals surface area contributed by atoms with Crippen molar-refractivity contribution in [1.29, 1.82) is 0 Å². The lowest BCUT2D eigenvalue weighted by molar-refractivity contribution is -0.127. The summed E-state index contributed by atoms with van der Waals surface area (Å²) in [5.41, 5.74) is 3.46. The maximum Gasteiger partial charge on any atom is 0.246 e. The number of benzene rings is 1. The molecule has 0 spiro atoms. The monoisotopic (exact) mass is 618 g/mol. The number of aliphatic hydroxyl groups is 1. The van der Waals surface area contributed by atoms with Crippen LogP contribution in [0.4, 0.5) is 8.78 Å². The summed E-state index contributed by atoms with van der Waals surface area (Å²) in [5.74, 6) is -1.87. The molecule has 5 heterocycles. The van der Waals surface area contributed by atoms with Crippen LogP contribution in [0.2, 0.25) is 0 Å². The molecule has 2 atom stereocenters. The number of hydrogen-bond acceptors (Lipinski definition) is 7. The quantitative estimate of drug-likeness (QED) is 0.202. The average molecular weight is 619 g/mol. The van der Waals surface area contributed by atoms with Crippen molar-refractivity contribution in [2.45, 2.75) is 52.4 Å². The van der Waals surface area contributed by atoms with E-state index in [2.05, 4.69) is 11.7 Å². The molecule has 0 radical (unpaired) electrons. The van der Waals surface area contributed by atoms with Crippen molar-refractivity contribution in [2.24, 2.45) is 0 Å². The van der Waals surface area contributed by atoms with Crippen molar-refractivity contribution < 1.29 is 23.4 Å². The van der Waals surface area contributed by atoms with E-state index in [0.717, 1.165) is 28.8 Å². The number of thiophene rings is 1. The maximum atomic E-state index is 15.9. The molecule has 228 valence electrons. The minimum Gasteiger partial charge on any atom is -0.490 e. The van der Waals surface area contributed by atoms with E-state index in [0.29, 0.717) is 40.4 Å². The average Bonchev–Trinajstić information content (AvgIpc) is 3.75. The van der Waals surface area contributed by atoms with Gasteiger partial charge in [-0.25, -0.2) is 13.8 Å². The third-order valence-corrected chi connectivity index (χ3v) is 8.49. The van der Waals surface area contributed by atoms with Gasteiger partial charge in [-0.15, -0.1) is 11.3 Å². The molecular formula is C32H32F2N6O3S. The summed E-state index contributed by atoms with van der Waals surface area (Å²) < 4.78 is 40.7. The van der Waals surface area contributed by atoms with E-state index in [1.54, 1.807) is 11.1 Å². The lowest BCUT2D eigenvalue weighted by atomic mass is 9.97. The number of nitrogens with zero attached hydrogens (tertiary/aromatic N) is 6. The number of pyridine rings is 1. The Kier molecular flexibility index (Phi) is 7.80. The molecule has 2 unspecified atom stereocenters. The van der Waals surface area contributed by atoms with Gasteiger partial charge in [-0.1, -0.05) is 6.58 Å². The summed E-state index contributed by atoms with van der Waals surface area (Å²) in [6, 6.07) is 5.69. The first kappa shape index (κ1) is 29.6. The van der Waals surface area contributed by atoms with Crippen LogP contribution in [0.25, 0.3) is 43.9 Å². The van der Waals surface area contributed by atoms with Gasteiger partial charge in [0.25, 0.3) is 0 Å². The van der Waals surface area contributed by atoms with Crippen LogP contribution in [0.3, 0.4) is 0 Å². The Hall–Kier alpha value is -4.42. The van der Waals surface area contributed by atoms with Gasteiger partial charge in [0.1, 0.15) is 35.4 Å². The molecule has 1 aromatic carbocycles. The normalized spacial score (nSPS) is 15.5. The minimum absolute atomic E-state index is 0.0221. The van der Waals surface area contributed by atoms with Crippen LogP contribution in [0.1, 0.15) is 45.5 Å². The second-order valence-corrected chi connectivity index (χ2v) is 12.2. The van der Waals surface area contributed by atoms with Crippen LogP contribution >= 0.6 is 11.3 Å². The molecule has 1 aliphatic heterocycles. The van der Waals surface area contributed by atoms with Crippen LogP contribution in [0, 0.1) is 11.6 Å². The van der Waals surface area contributed by atoms with E-state index in [9.17, 15) is 14.3 Å². The van der Waals surface area contributed by atoms with Gasteiger partial charge in [0.2, 0.25) is 5.91 Å². The summed E-state index contributed by atoms with van der Waals surface area (Å²) in [7, 11) is 0. The van der Waals surface area contributed by atoms with Crippen LogP contribution in [0.5, 0.6) is 5.75 Å². The summed E-state index contributed by atoms with van der Waals surface area (Å²) >= 11 is 1.40. The van der Waals surface area contributed by atoms with Crippen molar-refractivity contribution in [3.05, 3.63) is 72.0 Å². The van der Waals surface area contributed by atoms with E-state index in [1.807, 2.05) is 53.8 Å². The highest BCUT2D eigenvalue weighted by atomic mass is 32.1. The standard InChI is InChI=1S/C32H32F2N6O3S/c1-6-27(42)38-13-18(4)40-22(15-38)11-25(37-40)31-29(28-24(34)9-21(33)10-26(28)43-16-19(5)41)32-23(7-8-44-32)30(36-31)20-12-35-39(14-20)17(2)3/h6-12,14,17-19,41H,1,13,15-16H2,2-5H3. The van der Waals surface area contributed by atoms with Gasteiger partial charge in [0.05, 0.1) is 41.8 Å². The van der Waals surface area contributed by atoms with Crippen molar-refractivity contribution >= 4 is 27.3 Å². The molecule has 0 saturated heterocycles. The number of hydrogen-bond donors (Lipinski definition) is 1. The fourth-order valence-electron chi connectivity index (χ4n) is 5.52. The summed E-state index contributed by atoms with van der Waals surface area (Å²) in [6.07, 6.45) is 4.09. The first-order valence-corrected chi connectivity index (χ1v) is 15.2. The summed E-state index contributed by atoms with van der Waals surface area (Å²) in [5, 5.41) is 22.0. The molecule has 0 fully saturated rings. The van der Waals surface area contributed by atoms with Crippen molar-refractivity contribution in [2.75, 3.05) is 13.2 Å². The molecule has 1 N–H and O–H groups in total. The predicted octanol–water partition coefficient (Wildman–Crippen LogP) is 6.40. The number of halogens is 2. The SMILES string of the molecule is C=CC(=O)N1Cc2cc(-c3nc(-c4cnn(C(C)C)c4)c4ccsc4c3-c3c(F)cc(F)cc3OCC(C)O)nn2C(C)C1. The summed E-state index contributed by atoms with van der Waals surface area (Å²) in [6.45, 7) is 11.8. The highest BCUT2D eigenvalue weighted by molar-refractivity contribution is 7.18. The molecule has 1 amide bonds. The Bertz CT molecular complexity index is 1890. The zero-order valence-corrected chi connectivity index (χ0v) is 25.6. The third-order valence-electron chi connectivity index (χ3n) is 7.56. The number of carbonyl (C=O) groups excluding carboxylic acids is 1. The van der Waals surface area contributed by atoms with Gasteiger partial charge in [0.15, 0.2) is 0 Å². The number of ether oxygens (including phenoxy) is 1. The Balaban J connectivity index is 1.63. The highest BCUT2D eigenvalue weighted by Gasteiger charge is 2.30. The Morgan fingerprint density at radius 2 is 2.02 bits per heavy atom. The molecule has 6 rings (SSSR count). The number of aromatic nitrogens is 5. The number of carbonyl (C=O) groups is 1. The van der Waals surface area contributed by atoms with Gasteiger partial charge in [0, 0.05) is 52.1 Å². The Morgan fingerprint density at radius 1 is 1.23 bits per heavy atom. The summed E-state index contributed by atoms with van der Waals surface area (Å²) in [4.78, 5) is 19.3. The first-order chi connectivity index (χ1) is 21.0.